The van der Waals surface area contributed by atoms with Crippen molar-refractivity contribution in [3.05, 3.63) is 29.6 Å². The zero-order valence-electron chi connectivity index (χ0n) is 11.8. The quantitative estimate of drug-likeness (QED) is 0.863. The number of aryl methyl sites for hydroxylation is 1. The first-order valence-electron chi connectivity index (χ1n) is 6.60. The molecule has 0 unspecified atom stereocenters. The Morgan fingerprint density at radius 1 is 1.50 bits per heavy atom. The molecule has 6 nitrogen and oxygen atoms in total. The molecule has 108 valence electrons. The van der Waals surface area contributed by atoms with Gasteiger partial charge in [-0.25, -0.2) is 0 Å². The first-order valence-corrected chi connectivity index (χ1v) is 6.60. The molecule has 1 aromatic heterocycles. The van der Waals surface area contributed by atoms with Crippen LogP contribution in [-0.4, -0.2) is 54.5 Å². The average molecular weight is 277 g/mol. The Labute approximate surface area is 118 Å². The van der Waals surface area contributed by atoms with Crippen LogP contribution in [0.25, 0.3) is 0 Å². The normalized spacial score (nSPS) is 18.1. The van der Waals surface area contributed by atoms with Gasteiger partial charge in [0.1, 0.15) is 6.61 Å². The number of aromatic nitrogens is 1. The molecular formula is C14H19N3O3. The highest BCUT2D eigenvalue weighted by Gasteiger charge is 2.27. The van der Waals surface area contributed by atoms with Crippen molar-refractivity contribution < 1.29 is 14.3 Å². The summed E-state index contributed by atoms with van der Waals surface area (Å²) in [5, 5.41) is 2.85. The molecule has 20 heavy (non-hydrogen) atoms. The molecule has 2 rings (SSSR count). The van der Waals surface area contributed by atoms with Crippen molar-refractivity contribution in [2.24, 2.45) is 0 Å². The van der Waals surface area contributed by atoms with Gasteiger partial charge in [0, 0.05) is 38.1 Å². The van der Waals surface area contributed by atoms with Crippen LogP contribution in [0.15, 0.2) is 18.3 Å². The lowest BCUT2D eigenvalue weighted by Gasteiger charge is -2.17. The Balaban J connectivity index is 1.90. The maximum absolute atomic E-state index is 12.3. The molecule has 0 aromatic carbocycles. The summed E-state index contributed by atoms with van der Waals surface area (Å²) in [4.78, 5) is 29.6. The number of nitrogens with zero attached hydrogens (tertiary/aromatic N) is 2. The monoisotopic (exact) mass is 277 g/mol. The Hall–Kier alpha value is -1.95. The van der Waals surface area contributed by atoms with E-state index in [9.17, 15) is 9.59 Å². The van der Waals surface area contributed by atoms with Gasteiger partial charge >= 0.3 is 0 Å². The van der Waals surface area contributed by atoms with Crippen LogP contribution >= 0.6 is 0 Å². The van der Waals surface area contributed by atoms with Crippen LogP contribution in [-0.2, 0) is 9.53 Å². The molecular weight excluding hydrogens is 258 g/mol. The van der Waals surface area contributed by atoms with Crippen LogP contribution < -0.4 is 5.32 Å². The minimum atomic E-state index is -0.149. The first kappa shape index (κ1) is 14.5. The van der Waals surface area contributed by atoms with Gasteiger partial charge in [-0.15, -0.1) is 0 Å². The number of pyridine rings is 1. The van der Waals surface area contributed by atoms with E-state index >= 15 is 0 Å². The van der Waals surface area contributed by atoms with Crippen molar-refractivity contribution >= 4 is 11.8 Å². The van der Waals surface area contributed by atoms with Gasteiger partial charge in [0.15, 0.2) is 0 Å². The van der Waals surface area contributed by atoms with E-state index in [1.807, 2.05) is 13.0 Å². The number of ether oxygens (including phenoxy) is 1. The summed E-state index contributed by atoms with van der Waals surface area (Å²) in [7, 11) is 1.48. The number of nitrogens with one attached hydrogen (secondary N) is 1. The number of likely N-dealkylation sites (tertiary alicyclic amines) is 1. The molecule has 1 aromatic rings. The first-order chi connectivity index (χ1) is 9.60. The number of hydrogen-bond donors (Lipinski definition) is 1. The molecule has 1 aliphatic rings. The van der Waals surface area contributed by atoms with E-state index in [4.69, 9.17) is 4.74 Å². The fourth-order valence-corrected chi connectivity index (χ4v) is 2.24. The predicted octanol–water partition coefficient (Wildman–Crippen LogP) is 0.367. The number of amides is 2. The van der Waals surface area contributed by atoms with E-state index in [1.54, 1.807) is 17.2 Å². The minimum absolute atomic E-state index is 0.00000698. The molecule has 0 saturated carbocycles. The van der Waals surface area contributed by atoms with Crippen molar-refractivity contribution in [3.8, 4) is 0 Å². The van der Waals surface area contributed by atoms with E-state index in [0.717, 1.165) is 12.1 Å². The molecule has 2 heterocycles. The number of carbonyl (C=O) groups excluding carboxylic acids is 2. The maximum atomic E-state index is 12.3. The lowest BCUT2D eigenvalue weighted by Crippen LogP contribution is -2.40. The van der Waals surface area contributed by atoms with E-state index in [2.05, 4.69) is 10.3 Å². The van der Waals surface area contributed by atoms with Gasteiger partial charge in [-0.05, 0) is 25.5 Å². The summed E-state index contributed by atoms with van der Waals surface area (Å²) in [5.41, 5.74) is 1.46. The third kappa shape index (κ3) is 3.54. The SMILES string of the molecule is COCC(=O)N[C@@H]1CCN(C(=O)c2ccc(C)nc2)C1. The van der Waals surface area contributed by atoms with Crippen molar-refractivity contribution in [1.29, 1.82) is 0 Å². The highest BCUT2D eigenvalue weighted by atomic mass is 16.5. The van der Waals surface area contributed by atoms with Gasteiger partial charge in [0.05, 0.1) is 5.56 Å². The zero-order chi connectivity index (χ0) is 14.5. The fourth-order valence-electron chi connectivity index (χ4n) is 2.24. The van der Waals surface area contributed by atoms with E-state index in [0.29, 0.717) is 18.7 Å². The smallest absolute Gasteiger partial charge is 0.255 e. The van der Waals surface area contributed by atoms with Crippen LogP contribution in [0.1, 0.15) is 22.5 Å². The Morgan fingerprint density at radius 3 is 2.95 bits per heavy atom. The van der Waals surface area contributed by atoms with E-state index in [-0.39, 0.29) is 24.5 Å². The molecule has 0 bridgehead atoms. The minimum Gasteiger partial charge on any atom is -0.375 e. The summed E-state index contributed by atoms with van der Waals surface area (Å²) >= 11 is 0. The predicted molar refractivity (Wildman–Crippen MR) is 73.3 cm³/mol. The fraction of sp³-hybridized carbons (Fsp3) is 0.500. The van der Waals surface area contributed by atoms with Crippen LogP contribution in [0.2, 0.25) is 0 Å². The van der Waals surface area contributed by atoms with Crippen molar-refractivity contribution in [3.63, 3.8) is 0 Å². The third-order valence-corrected chi connectivity index (χ3v) is 3.27. The lowest BCUT2D eigenvalue weighted by atomic mass is 10.2. The standard InChI is InChI=1S/C14H19N3O3/c1-10-3-4-11(7-15-10)14(19)17-6-5-12(8-17)16-13(18)9-20-2/h3-4,7,12H,5-6,8-9H2,1-2H3,(H,16,18)/t12-/m1/s1. The molecule has 0 radical (unpaired) electrons. The number of hydrogen-bond acceptors (Lipinski definition) is 4. The molecule has 1 saturated heterocycles. The molecule has 0 aliphatic carbocycles. The second kappa shape index (κ2) is 6.47. The van der Waals surface area contributed by atoms with Crippen molar-refractivity contribution in [1.82, 2.24) is 15.2 Å². The Bertz CT molecular complexity index is 487. The zero-order valence-corrected chi connectivity index (χ0v) is 11.8. The van der Waals surface area contributed by atoms with Gasteiger partial charge in [-0.2, -0.15) is 0 Å². The highest BCUT2D eigenvalue weighted by Crippen LogP contribution is 2.13. The third-order valence-electron chi connectivity index (χ3n) is 3.27. The summed E-state index contributed by atoms with van der Waals surface area (Å²) in [5.74, 6) is -0.190. The topological polar surface area (TPSA) is 71.5 Å². The Morgan fingerprint density at radius 2 is 2.30 bits per heavy atom. The van der Waals surface area contributed by atoms with Crippen LogP contribution in [0.5, 0.6) is 0 Å². The molecule has 1 fully saturated rings. The summed E-state index contributed by atoms with van der Waals surface area (Å²) < 4.78 is 4.77. The number of carbonyl (C=O) groups is 2. The summed E-state index contributed by atoms with van der Waals surface area (Å²) in [6.45, 7) is 3.10. The van der Waals surface area contributed by atoms with Crippen LogP contribution in [0, 0.1) is 6.92 Å². The van der Waals surface area contributed by atoms with E-state index in [1.165, 1.54) is 7.11 Å². The second-order valence-corrected chi connectivity index (χ2v) is 4.93. The number of methoxy groups -OCH3 is 1. The van der Waals surface area contributed by atoms with Crippen molar-refractivity contribution in [2.45, 2.75) is 19.4 Å². The highest BCUT2D eigenvalue weighted by molar-refractivity contribution is 5.94. The van der Waals surface area contributed by atoms with Gasteiger partial charge in [0.25, 0.3) is 5.91 Å². The largest absolute Gasteiger partial charge is 0.375 e. The molecule has 1 N–H and O–H groups in total. The van der Waals surface area contributed by atoms with Crippen LogP contribution in [0.3, 0.4) is 0 Å². The Kier molecular flexibility index (Phi) is 4.68. The summed E-state index contributed by atoms with van der Waals surface area (Å²) in [6, 6.07) is 3.60. The molecule has 6 heteroatoms. The number of rotatable bonds is 4. The molecule has 1 atom stereocenters. The van der Waals surface area contributed by atoms with Gasteiger partial charge < -0.3 is 15.0 Å². The average Bonchev–Trinajstić information content (AvgIpc) is 2.87. The van der Waals surface area contributed by atoms with Gasteiger partial charge in [0.2, 0.25) is 5.91 Å². The second-order valence-electron chi connectivity index (χ2n) is 4.93. The lowest BCUT2D eigenvalue weighted by molar-refractivity contribution is -0.125. The van der Waals surface area contributed by atoms with Crippen molar-refractivity contribution in [2.75, 3.05) is 26.8 Å². The molecule has 1 aliphatic heterocycles. The molecule has 2 amide bonds. The van der Waals surface area contributed by atoms with E-state index < -0.39 is 0 Å². The molecule has 0 spiro atoms. The maximum Gasteiger partial charge on any atom is 0.255 e. The van der Waals surface area contributed by atoms with Crippen LogP contribution in [0.4, 0.5) is 0 Å². The summed E-state index contributed by atoms with van der Waals surface area (Å²) in [6.07, 6.45) is 2.36. The van der Waals surface area contributed by atoms with Gasteiger partial charge in [-0.3, -0.25) is 14.6 Å². The van der Waals surface area contributed by atoms with Gasteiger partial charge in [-0.1, -0.05) is 0 Å².